The van der Waals surface area contributed by atoms with Crippen molar-refractivity contribution in [3.63, 3.8) is 0 Å². The minimum Gasteiger partial charge on any atom is -0.355 e. The molecule has 10 heteroatoms. The lowest BCUT2D eigenvalue weighted by atomic mass is 10.0. The molecule has 0 spiro atoms. The van der Waals surface area contributed by atoms with Gasteiger partial charge >= 0.3 is 0 Å². The zero-order valence-corrected chi connectivity index (χ0v) is 26.2. The van der Waals surface area contributed by atoms with Crippen LogP contribution in [0.2, 0.25) is 10.0 Å². The van der Waals surface area contributed by atoms with Gasteiger partial charge < -0.3 is 10.2 Å². The van der Waals surface area contributed by atoms with E-state index in [2.05, 4.69) is 5.32 Å². The van der Waals surface area contributed by atoms with Crippen LogP contribution in [0.5, 0.6) is 0 Å². The van der Waals surface area contributed by atoms with Crippen LogP contribution in [-0.4, -0.2) is 44.3 Å². The molecular weight excluding hydrogens is 605 g/mol. The Kier molecular flexibility index (Phi) is 10.9. The van der Waals surface area contributed by atoms with E-state index in [1.165, 1.54) is 29.2 Å². The first-order chi connectivity index (χ1) is 20.6. The third kappa shape index (κ3) is 8.16. The molecule has 0 aliphatic heterocycles. The van der Waals surface area contributed by atoms with Crippen molar-refractivity contribution < 1.29 is 18.0 Å². The molecule has 4 rings (SSSR count). The molecule has 0 bridgehead atoms. The van der Waals surface area contributed by atoms with E-state index in [1.807, 2.05) is 67.6 Å². The normalized spacial score (nSPS) is 11.9. The minimum absolute atomic E-state index is 0.0129. The van der Waals surface area contributed by atoms with Crippen molar-refractivity contribution in [2.45, 2.75) is 37.8 Å². The lowest BCUT2D eigenvalue weighted by Gasteiger charge is -2.34. The first-order valence-electron chi connectivity index (χ1n) is 13.8. The number of sulfonamides is 1. The second kappa shape index (κ2) is 14.6. The van der Waals surface area contributed by atoms with Gasteiger partial charge in [-0.3, -0.25) is 13.9 Å². The van der Waals surface area contributed by atoms with Gasteiger partial charge in [0, 0.05) is 24.5 Å². The van der Waals surface area contributed by atoms with Gasteiger partial charge in [0.05, 0.1) is 15.6 Å². The van der Waals surface area contributed by atoms with Crippen molar-refractivity contribution in [2.75, 3.05) is 17.4 Å². The summed E-state index contributed by atoms with van der Waals surface area (Å²) < 4.78 is 29.2. The van der Waals surface area contributed by atoms with E-state index in [4.69, 9.17) is 23.2 Å². The van der Waals surface area contributed by atoms with Gasteiger partial charge in [-0.1, -0.05) is 102 Å². The van der Waals surface area contributed by atoms with Crippen molar-refractivity contribution in [1.82, 2.24) is 10.2 Å². The van der Waals surface area contributed by atoms with Crippen molar-refractivity contribution in [2.24, 2.45) is 0 Å². The standard InChI is InChI=1S/C33H33Cl2N3O4S/c1-3-36-33(40)31(20-25-10-6-4-7-11-25)37(22-26-12-8-5-9-13-26)32(39)23-38(30-21-27(34)16-19-29(30)35)43(41,42)28-17-14-24(2)15-18-28/h4-19,21,31H,3,20,22-23H2,1-2H3,(H,36,40)/t31-/m1/s1. The van der Waals surface area contributed by atoms with Crippen LogP contribution in [0, 0.1) is 6.92 Å². The summed E-state index contributed by atoms with van der Waals surface area (Å²) in [5.41, 5.74) is 2.57. The summed E-state index contributed by atoms with van der Waals surface area (Å²) in [5.74, 6) is -0.924. The third-order valence-electron chi connectivity index (χ3n) is 6.88. The molecule has 0 aliphatic rings. The van der Waals surface area contributed by atoms with Gasteiger partial charge in [0.1, 0.15) is 12.6 Å². The van der Waals surface area contributed by atoms with Crippen LogP contribution < -0.4 is 9.62 Å². The Hall–Kier alpha value is -3.85. The number of carbonyl (C=O) groups is 2. The number of rotatable bonds is 12. The molecule has 0 aliphatic carbocycles. The molecule has 43 heavy (non-hydrogen) atoms. The first-order valence-corrected chi connectivity index (χ1v) is 16.0. The van der Waals surface area contributed by atoms with E-state index in [0.717, 1.165) is 21.0 Å². The van der Waals surface area contributed by atoms with Crippen molar-refractivity contribution >= 4 is 50.7 Å². The maximum Gasteiger partial charge on any atom is 0.264 e. The number of aryl methyl sites for hydroxylation is 1. The predicted molar refractivity (Wildman–Crippen MR) is 172 cm³/mol. The van der Waals surface area contributed by atoms with Crippen LogP contribution in [0.15, 0.2) is 108 Å². The van der Waals surface area contributed by atoms with Crippen molar-refractivity contribution in [3.05, 3.63) is 130 Å². The Morgan fingerprint density at radius 3 is 2.05 bits per heavy atom. The molecule has 7 nitrogen and oxygen atoms in total. The van der Waals surface area contributed by atoms with Gasteiger partial charge in [-0.05, 0) is 55.3 Å². The molecule has 2 amide bonds. The maximum absolute atomic E-state index is 14.4. The molecule has 4 aromatic carbocycles. The summed E-state index contributed by atoms with van der Waals surface area (Å²) in [6.45, 7) is 3.48. The molecule has 1 N–H and O–H groups in total. The number of halogens is 2. The number of nitrogens with zero attached hydrogens (tertiary/aromatic N) is 2. The van der Waals surface area contributed by atoms with Crippen LogP contribution in [0.4, 0.5) is 5.69 Å². The third-order valence-corrected chi connectivity index (χ3v) is 9.21. The summed E-state index contributed by atoms with van der Waals surface area (Å²) in [5, 5.41) is 3.20. The zero-order valence-electron chi connectivity index (χ0n) is 23.9. The molecule has 224 valence electrons. The lowest BCUT2D eigenvalue weighted by Crippen LogP contribution is -2.53. The second-order valence-electron chi connectivity index (χ2n) is 10.0. The Morgan fingerprint density at radius 2 is 1.44 bits per heavy atom. The van der Waals surface area contributed by atoms with E-state index in [9.17, 15) is 18.0 Å². The average molecular weight is 639 g/mol. The summed E-state index contributed by atoms with van der Waals surface area (Å²) in [4.78, 5) is 29.3. The summed E-state index contributed by atoms with van der Waals surface area (Å²) in [7, 11) is -4.28. The van der Waals surface area contributed by atoms with Gasteiger partial charge in [0.15, 0.2) is 0 Å². The number of hydrogen-bond acceptors (Lipinski definition) is 4. The number of hydrogen-bond donors (Lipinski definition) is 1. The minimum atomic E-state index is -4.28. The van der Waals surface area contributed by atoms with Gasteiger partial charge in [0.2, 0.25) is 11.8 Å². The molecule has 0 heterocycles. The number of anilines is 1. The van der Waals surface area contributed by atoms with E-state index < -0.39 is 28.5 Å². The number of carbonyl (C=O) groups excluding carboxylic acids is 2. The van der Waals surface area contributed by atoms with E-state index in [1.54, 1.807) is 25.1 Å². The van der Waals surface area contributed by atoms with Crippen molar-refractivity contribution in [3.8, 4) is 0 Å². The molecule has 0 saturated heterocycles. The molecule has 0 unspecified atom stereocenters. The number of amides is 2. The predicted octanol–water partition coefficient (Wildman–Crippen LogP) is 6.27. The molecule has 0 aromatic heterocycles. The molecular formula is C33H33Cl2N3O4S. The molecule has 1 atom stereocenters. The topological polar surface area (TPSA) is 86.8 Å². The molecule has 0 saturated carbocycles. The molecule has 0 fully saturated rings. The highest BCUT2D eigenvalue weighted by molar-refractivity contribution is 7.92. The smallest absolute Gasteiger partial charge is 0.264 e. The zero-order chi connectivity index (χ0) is 31.0. The van der Waals surface area contributed by atoms with Crippen molar-refractivity contribution in [1.29, 1.82) is 0 Å². The Morgan fingerprint density at radius 1 is 0.837 bits per heavy atom. The Bertz CT molecular complexity index is 1650. The van der Waals surface area contributed by atoms with Gasteiger partial charge in [0.25, 0.3) is 10.0 Å². The highest BCUT2D eigenvalue weighted by atomic mass is 35.5. The van der Waals surface area contributed by atoms with Gasteiger partial charge in [-0.2, -0.15) is 0 Å². The van der Waals surface area contributed by atoms with Gasteiger partial charge in [-0.15, -0.1) is 0 Å². The summed E-state index contributed by atoms with van der Waals surface area (Å²) in [6.07, 6.45) is 0.230. The summed E-state index contributed by atoms with van der Waals surface area (Å²) in [6, 6.07) is 28.5. The van der Waals surface area contributed by atoms with E-state index in [0.29, 0.717) is 6.54 Å². The molecule has 0 radical (unpaired) electrons. The quantitative estimate of drug-likeness (QED) is 0.198. The SMILES string of the molecule is CCNC(=O)[C@@H](Cc1ccccc1)N(Cc1ccccc1)C(=O)CN(c1cc(Cl)ccc1Cl)S(=O)(=O)c1ccc(C)cc1. The lowest BCUT2D eigenvalue weighted by molar-refractivity contribution is -0.140. The van der Waals surface area contributed by atoms with Crippen LogP contribution in [0.1, 0.15) is 23.6 Å². The van der Waals surface area contributed by atoms with Crippen LogP contribution in [0.3, 0.4) is 0 Å². The Labute approximate surface area is 263 Å². The number of nitrogens with one attached hydrogen (secondary N) is 1. The van der Waals surface area contributed by atoms with E-state index >= 15 is 0 Å². The number of likely N-dealkylation sites (N-methyl/N-ethyl adjacent to an activating group) is 1. The van der Waals surface area contributed by atoms with E-state index in [-0.39, 0.29) is 39.5 Å². The number of benzene rings is 4. The largest absolute Gasteiger partial charge is 0.355 e. The average Bonchev–Trinajstić information content (AvgIpc) is 3.00. The fourth-order valence-corrected chi connectivity index (χ4v) is 6.51. The maximum atomic E-state index is 14.4. The first kappa shape index (κ1) is 32.1. The monoisotopic (exact) mass is 637 g/mol. The van der Waals surface area contributed by atoms with Gasteiger partial charge in [-0.25, -0.2) is 8.42 Å². The Balaban J connectivity index is 1.81. The van der Waals surface area contributed by atoms with Crippen LogP contribution in [0.25, 0.3) is 0 Å². The molecule has 4 aromatic rings. The second-order valence-corrected chi connectivity index (χ2v) is 12.7. The highest BCUT2D eigenvalue weighted by Gasteiger charge is 2.35. The van der Waals surface area contributed by atoms with Crippen LogP contribution >= 0.6 is 23.2 Å². The fourth-order valence-electron chi connectivity index (χ4n) is 4.65. The fraction of sp³-hybridized carbons (Fsp3) is 0.212. The van der Waals surface area contributed by atoms with Crippen LogP contribution in [-0.2, 0) is 32.6 Å². The highest BCUT2D eigenvalue weighted by Crippen LogP contribution is 2.33. The summed E-state index contributed by atoms with van der Waals surface area (Å²) >= 11 is 12.8.